The maximum atomic E-state index is 13.1. The lowest BCUT2D eigenvalue weighted by molar-refractivity contribution is -0.274. The predicted molar refractivity (Wildman–Crippen MR) is 126 cm³/mol. The number of hydrogen-bond donors (Lipinski definition) is 2. The Morgan fingerprint density at radius 2 is 1.97 bits per heavy atom. The number of rotatable bonds is 7. The van der Waals surface area contributed by atoms with Crippen LogP contribution in [0, 0.1) is 0 Å². The zero-order valence-electron chi connectivity index (χ0n) is 19.1. The third-order valence-electron chi connectivity index (χ3n) is 5.84. The lowest BCUT2D eigenvalue weighted by Crippen LogP contribution is -2.50. The SMILES string of the molecule is O=C(Nc1ccc(-c2ccccc2OC(F)(F)F)c(Cl)c1)[C@H]1CCCCN1C(=O)CCN1CNN=N1. The molecule has 2 heterocycles. The van der Waals surface area contributed by atoms with E-state index in [1.54, 1.807) is 22.0 Å². The lowest BCUT2D eigenvalue weighted by Gasteiger charge is -2.35. The van der Waals surface area contributed by atoms with E-state index >= 15 is 0 Å². The summed E-state index contributed by atoms with van der Waals surface area (Å²) >= 11 is 6.38. The summed E-state index contributed by atoms with van der Waals surface area (Å²) in [5, 5.41) is 12.0. The third kappa shape index (κ3) is 6.36. The van der Waals surface area contributed by atoms with E-state index in [-0.39, 0.29) is 34.6 Å². The number of nitrogens with zero attached hydrogens (tertiary/aromatic N) is 4. The van der Waals surface area contributed by atoms with Crippen LogP contribution in [0.5, 0.6) is 5.75 Å². The summed E-state index contributed by atoms with van der Waals surface area (Å²) in [5.41, 5.74) is 3.53. The Morgan fingerprint density at radius 3 is 2.69 bits per heavy atom. The molecule has 0 spiro atoms. The number of carbonyl (C=O) groups is 2. The monoisotopic (exact) mass is 524 g/mol. The van der Waals surface area contributed by atoms with Crippen LogP contribution in [0.2, 0.25) is 5.02 Å². The van der Waals surface area contributed by atoms with Crippen molar-refractivity contribution in [2.45, 2.75) is 38.1 Å². The zero-order valence-corrected chi connectivity index (χ0v) is 19.8. The van der Waals surface area contributed by atoms with Crippen molar-refractivity contribution in [3.8, 4) is 16.9 Å². The molecule has 1 fully saturated rings. The van der Waals surface area contributed by atoms with Crippen LogP contribution in [-0.4, -0.2) is 53.9 Å². The van der Waals surface area contributed by atoms with E-state index in [1.165, 1.54) is 30.3 Å². The minimum absolute atomic E-state index is 0.135. The van der Waals surface area contributed by atoms with Crippen molar-refractivity contribution >= 4 is 29.1 Å². The van der Waals surface area contributed by atoms with Crippen LogP contribution >= 0.6 is 11.6 Å². The van der Waals surface area contributed by atoms with E-state index in [2.05, 4.69) is 25.9 Å². The molecule has 0 bridgehead atoms. The van der Waals surface area contributed by atoms with Crippen LogP contribution in [0.25, 0.3) is 11.1 Å². The van der Waals surface area contributed by atoms with Crippen LogP contribution in [0.1, 0.15) is 25.7 Å². The summed E-state index contributed by atoms with van der Waals surface area (Å²) in [7, 11) is 0. The summed E-state index contributed by atoms with van der Waals surface area (Å²) in [5.74, 6) is -0.881. The molecule has 0 aromatic heterocycles. The van der Waals surface area contributed by atoms with Crippen LogP contribution < -0.4 is 15.5 Å². The molecule has 2 aromatic carbocycles. The highest BCUT2D eigenvalue weighted by atomic mass is 35.5. The first-order valence-corrected chi connectivity index (χ1v) is 11.7. The summed E-state index contributed by atoms with van der Waals surface area (Å²) in [4.78, 5) is 27.5. The first-order valence-electron chi connectivity index (χ1n) is 11.3. The standard InChI is InChI=1S/C23H24ClF3N6O3/c24-18-13-15(8-9-16(18)17-5-1-2-7-20(17)36-23(25,26)27)29-22(35)19-6-3-4-11-33(19)21(34)10-12-32-14-28-30-31-32/h1-2,5,7-9,13,19H,3-4,6,10-12,14H2,(H,28,31)(H,29,35)/t19-/m1/s1. The maximum absolute atomic E-state index is 13.1. The predicted octanol–water partition coefficient (Wildman–Crippen LogP) is 4.76. The molecule has 1 saturated heterocycles. The molecule has 0 unspecified atom stereocenters. The first-order chi connectivity index (χ1) is 17.2. The smallest absolute Gasteiger partial charge is 0.405 e. The number of ether oxygens (including phenoxy) is 1. The van der Waals surface area contributed by atoms with E-state index in [0.29, 0.717) is 37.4 Å². The summed E-state index contributed by atoms with van der Waals surface area (Å²) in [6.45, 7) is 1.30. The van der Waals surface area contributed by atoms with Gasteiger partial charge in [-0.15, -0.1) is 13.2 Å². The molecule has 9 nitrogen and oxygen atoms in total. The van der Waals surface area contributed by atoms with Gasteiger partial charge >= 0.3 is 6.36 Å². The fourth-order valence-electron chi connectivity index (χ4n) is 4.17. The van der Waals surface area contributed by atoms with Crippen molar-refractivity contribution in [2.75, 3.05) is 25.1 Å². The number of carbonyl (C=O) groups excluding carboxylic acids is 2. The molecule has 36 heavy (non-hydrogen) atoms. The first kappa shape index (κ1) is 25.5. The molecular weight excluding hydrogens is 501 g/mol. The van der Waals surface area contributed by atoms with Gasteiger partial charge in [-0.05, 0) is 37.5 Å². The molecule has 2 amide bonds. The van der Waals surface area contributed by atoms with Crippen molar-refractivity contribution in [3.05, 3.63) is 47.5 Å². The molecule has 4 rings (SSSR count). The van der Waals surface area contributed by atoms with Gasteiger partial charge in [0.05, 0.1) is 5.02 Å². The van der Waals surface area contributed by atoms with Crippen LogP contribution in [-0.2, 0) is 9.59 Å². The highest BCUT2D eigenvalue weighted by Crippen LogP contribution is 2.38. The van der Waals surface area contributed by atoms with Crippen LogP contribution in [0.3, 0.4) is 0 Å². The minimum atomic E-state index is -4.85. The summed E-state index contributed by atoms with van der Waals surface area (Å²) in [6, 6.07) is 9.54. The molecular formula is C23H24ClF3N6O3. The number of hydrogen-bond acceptors (Lipinski definition) is 7. The summed E-state index contributed by atoms with van der Waals surface area (Å²) in [6.07, 6.45) is -2.52. The molecule has 2 aromatic rings. The zero-order chi connectivity index (χ0) is 25.7. The maximum Gasteiger partial charge on any atom is 0.573 e. The highest BCUT2D eigenvalue weighted by Gasteiger charge is 2.33. The largest absolute Gasteiger partial charge is 0.573 e. The molecule has 0 radical (unpaired) electrons. The molecule has 2 aliphatic rings. The van der Waals surface area contributed by atoms with Gasteiger partial charge in [-0.1, -0.05) is 46.3 Å². The Kier molecular flexibility index (Phi) is 7.82. The molecule has 192 valence electrons. The van der Waals surface area contributed by atoms with Crippen molar-refractivity contribution < 1.29 is 27.5 Å². The Balaban J connectivity index is 1.44. The highest BCUT2D eigenvalue weighted by molar-refractivity contribution is 6.33. The molecule has 2 aliphatic heterocycles. The topological polar surface area (TPSA) is 98.6 Å². The molecule has 13 heteroatoms. The molecule has 1 atom stereocenters. The van der Waals surface area contributed by atoms with Gasteiger partial charge in [0.25, 0.3) is 0 Å². The number of benzene rings is 2. The Labute approximate surface area is 210 Å². The van der Waals surface area contributed by atoms with Gasteiger partial charge in [0.15, 0.2) is 0 Å². The fourth-order valence-corrected chi connectivity index (χ4v) is 4.46. The lowest BCUT2D eigenvalue weighted by atomic mass is 10.0. The Bertz CT molecular complexity index is 1150. The number of nitrogens with one attached hydrogen (secondary N) is 2. The number of para-hydroxylation sites is 1. The minimum Gasteiger partial charge on any atom is -0.405 e. The normalized spacial score (nSPS) is 17.6. The van der Waals surface area contributed by atoms with Gasteiger partial charge in [0.1, 0.15) is 18.5 Å². The van der Waals surface area contributed by atoms with E-state index in [1.807, 2.05) is 0 Å². The van der Waals surface area contributed by atoms with Crippen molar-refractivity contribution in [2.24, 2.45) is 10.4 Å². The second-order valence-electron chi connectivity index (χ2n) is 8.31. The second-order valence-corrected chi connectivity index (χ2v) is 8.72. The number of alkyl halides is 3. The van der Waals surface area contributed by atoms with Gasteiger partial charge < -0.3 is 15.0 Å². The number of likely N-dealkylation sites (tertiary alicyclic amines) is 1. The van der Waals surface area contributed by atoms with Crippen molar-refractivity contribution in [1.82, 2.24) is 15.3 Å². The van der Waals surface area contributed by atoms with E-state index < -0.39 is 12.4 Å². The Hall–Kier alpha value is -3.54. The van der Waals surface area contributed by atoms with Gasteiger partial charge in [0, 0.05) is 36.3 Å². The van der Waals surface area contributed by atoms with E-state index in [0.717, 1.165) is 12.8 Å². The molecule has 0 aliphatic carbocycles. The van der Waals surface area contributed by atoms with Gasteiger partial charge in [-0.3, -0.25) is 20.0 Å². The van der Waals surface area contributed by atoms with Crippen molar-refractivity contribution in [3.63, 3.8) is 0 Å². The van der Waals surface area contributed by atoms with Gasteiger partial charge in [-0.25, -0.2) is 0 Å². The van der Waals surface area contributed by atoms with Crippen LogP contribution in [0.15, 0.2) is 52.9 Å². The van der Waals surface area contributed by atoms with Crippen molar-refractivity contribution in [1.29, 1.82) is 0 Å². The average Bonchev–Trinajstić information content (AvgIpc) is 3.36. The Morgan fingerprint density at radius 1 is 1.17 bits per heavy atom. The fraction of sp³-hybridized carbons (Fsp3) is 0.391. The second kappa shape index (κ2) is 11.0. The van der Waals surface area contributed by atoms with Gasteiger partial charge in [0.2, 0.25) is 11.8 Å². The van der Waals surface area contributed by atoms with E-state index in [9.17, 15) is 22.8 Å². The average molecular weight is 525 g/mol. The van der Waals surface area contributed by atoms with Crippen LogP contribution in [0.4, 0.5) is 18.9 Å². The quantitative estimate of drug-likeness (QED) is 0.544. The molecule has 2 N–H and O–H groups in total. The van der Waals surface area contributed by atoms with E-state index in [4.69, 9.17) is 11.6 Å². The number of amides is 2. The number of piperidine rings is 1. The van der Waals surface area contributed by atoms with Gasteiger partial charge in [-0.2, -0.15) is 0 Å². The number of anilines is 1. The number of halogens is 4. The summed E-state index contributed by atoms with van der Waals surface area (Å²) < 4.78 is 42.5. The molecule has 0 saturated carbocycles. The third-order valence-corrected chi connectivity index (χ3v) is 6.16.